The minimum Gasteiger partial charge on any atom is -0.320 e. The molecule has 0 spiro atoms. The van der Waals surface area contributed by atoms with Gasteiger partial charge in [0.2, 0.25) is 10.0 Å². The Morgan fingerprint density at radius 3 is 2.90 bits per heavy atom. The third-order valence-electron chi connectivity index (χ3n) is 2.38. The quantitative estimate of drug-likeness (QED) is 0.663. The lowest BCUT2D eigenvalue weighted by Gasteiger charge is -2.05. The summed E-state index contributed by atoms with van der Waals surface area (Å²) in [5.74, 6) is 5.35. The average molecular weight is 324 g/mol. The number of nitrogens with zero attached hydrogens (tertiary/aromatic N) is 1. The van der Waals surface area contributed by atoms with E-state index in [0.717, 1.165) is 11.3 Å². The molecule has 4 N–H and O–H groups in total. The van der Waals surface area contributed by atoms with Gasteiger partial charge >= 0.3 is 4.87 Å². The maximum absolute atomic E-state index is 12.1. The third kappa shape index (κ3) is 4.24. The van der Waals surface area contributed by atoms with Crippen molar-refractivity contribution in [2.75, 3.05) is 6.54 Å². The van der Waals surface area contributed by atoms with Crippen LogP contribution in [0.2, 0.25) is 0 Å². The van der Waals surface area contributed by atoms with Gasteiger partial charge in [0.25, 0.3) is 0 Å². The fraction of sp³-hybridized carbons (Fsp3) is 0.167. The highest BCUT2D eigenvalue weighted by atomic mass is 32.2. The van der Waals surface area contributed by atoms with Gasteiger partial charge in [-0.1, -0.05) is 23.2 Å². The predicted octanol–water partition coefficient (Wildman–Crippen LogP) is -0.380. The highest BCUT2D eigenvalue weighted by molar-refractivity contribution is 7.89. The van der Waals surface area contributed by atoms with Crippen LogP contribution in [0.5, 0.6) is 0 Å². The lowest BCUT2D eigenvalue weighted by Crippen LogP contribution is -2.24. The van der Waals surface area contributed by atoms with Crippen LogP contribution in [0.15, 0.2) is 33.5 Å². The molecule has 0 aliphatic heterocycles. The summed E-state index contributed by atoms with van der Waals surface area (Å²) in [5.41, 5.74) is 6.23. The summed E-state index contributed by atoms with van der Waals surface area (Å²) in [7, 11) is -3.73. The zero-order valence-corrected chi connectivity index (χ0v) is 12.4. The molecule has 2 aromatic rings. The normalized spacial score (nSPS) is 10.9. The summed E-state index contributed by atoms with van der Waals surface area (Å²) in [4.78, 5) is 17.1. The molecule has 0 aromatic carbocycles. The topological polar surface area (TPSA) is 118 Å². The number of hydrogen-bond donors (Lipinski definition) is 3. The molecular formula is C12H12N4O3S2. The van der Waals surface area contributed by atoms with E-state index in [1.807, 2.05) is 0 Å². The van der Waals surface area contributed by atoms with Crippen molar-refractivity contribution in [3.8, 4) is 11.8 Å². The van der Waals surface area contributed by atoms with Crippen LogP contribution in [0.3, 0.4) is 0 Å². The minimum atomic E-state index is -3.73. The van der Waals surface area contributed by atoms with Crippen LogP contribution in [0.25, 0.3) is 0 Å². The summed E-state index contributed by atoms with van der Waals surface area (Å²) in [5, 5.41) is 1.56. The molecule has 2 heterocycles. The molecule has 9 heteroatoms. The Kier molecular flexibility index (Phi) is 4.87. The number of nitrogens with one attached hydrogen (secondary N) is 2. The second kappa shape index (κ2) is 6.64. The van der Waals surface area contributed by atoms with Gasteiger partial charge in [-0.3, -0.25) is 9.78 Å². The van der Waals surface area contributed by atoms with Gasteiger partial charge in [-0.05, 0) is 6.07 Å². The third-order valence-corrected chi connectivity index (χ3v) is 4.47. The molecule has 2 rings (SSSR count). The maximum atomic E-state index is 12.1. The Bertz CT molecular complexity index is 843. The van der Waals surface area contributed by atoms with Crippen molar-refractivity contribution in [3.05, 3.63) is 44.8 Å². The first kappa shape index (κ1) is 15.4. The highest BCUT2D eigenvalue weighted by Crippen LogP contribution is 2.09. The largest absolute Gasteiger partial charge is 0.320 e. The van der Waals surface area contributed by atoms with Gasteiger partial charge in [-0.2, -0.15) is 0 Å². The Morgan fingerprint density at radius 1 is 1.43 bits per heavy atom. The van der Waals surface area contributed by atoms with E-state index in [2.05, 4.69) is 26.5 Å². The second-order valence-electron chi connectivity index (χ2n) is 3.91. The molecule has 7 nitrogen and oxygen atoms in total. The van der Waals surface area contributed by atoms with Gasteiger partial charge in [0.05, 0.1) is 13.1 Å². The monoisotopic (exact) mass is 324 g/mol. The van der Waals surface area contributed by atoms with Crippen LogP contribution in [-0.2, 0) is 16.6 Å². The van der Waals surface area contributed by atoms with E-state index in [1.54, 1.807) is 5.38 Å². The van der Waals surface area contributed by atoms with E-state index in [0.29, 0.717) is 11.3 Å². The Balaban J connectivity index is 2.17. The highest BCUT2D eigenvalue weighted by Gasteiger charge is 2.15. The number of pyridine rings is 1. The van der Waals surface area contributed by atoms with Gasteiger partial charge in [-0.15, -0.1) is 0 Å². The van der Waals surface area contributed by atoms with Crippen molar-refractivity contribution in [2.45, 2.75) is 11.4 Å². The Hall–Kier alpha value is -1.99. The molecule has 0 unspecified atom stereocenters. The number of thiazole rings is 1. The Morgan fingerprint density at radius 2 is 2.24 bits per heavy atom. The van der Waals surface area contributed by atoms with Crippen LogP contribution in [0, 0.1) is 11.8 Å². The molecule has 0 aliphatic rings. The molecule has 0 amide bonds. The van der Waals surface area contributed by atoms with Crippen molar-refractivity contribution in [2.24, 2.45) is 5.73 Å². The number of sulfonamides is 1. The molecule has 2 aromatic heterocycles. The molecular weight excluding hydrogens is 312 g/mol. The van der Waals surface area contributed by atoms with E-state index in [1.165, 1.54) is 18.5 Å². The van der Waals surface area contributed by atoms with Gasteiger partial charge in [0.15, 0.2) is 0 Å². The molecule has 110 valence electrons. The fourth-order valence-corrected chi connectivity index (χ4v) is 3.02. The van der Waals surface area contributed by atoms with E-state index < -0.39 is 10.0 Å². The number of aromatic nitrogens is 2. The Labute approximate surface area is 125 Å². The van der Waals surface area contributed by atoms with Gasteiger partial charge in [-0.25, -0.2) is 13.1 Å². The molecule has 0 aliphatic carbocycles. The second-order valence-corrected chi connectivity index (χ2v) is 6.52. The van der Waals surface area contributed by atoms with E-state index in [4.69, 9.17) is 5.73 Å². The van der Waals surface area contributed by atoms with Crippen LogP contribution in [0.4, 0.5) is 0 Å². The number of H-pyrrole nitrogens is 1. The first-order chi connectivity index (χ1) is 10.0. The van der Waals surface area contributed by atoms with Crippen LogP contribution >= 0.6 is 11.3 Å². The summed E-state index contributed by atoms with van der Waals surface area (Å²) < 4.78 is 26.6. The van der Waals surface area contributed by atoms with Gasteiger partial charge in [0, 0.05) is 29.0 Å². The molecule has 0 saturated heterocycles. The molecule has 21 heavy (non-hydrogen) atoms. The molecule has 0 bridgehead atoms. The zero-order chi connectivity index (χ0) is 15.3. The van der Waals surface area contributed by atoms with E-state index in [9.17, 15) is 13.2 Å². The molecule has 0 saturated carbocycles. The van der Waals surface area contributed by atoms with Crippen molar-refractivity contribution in [1.82, 2.24) is 14.7 Å². The number of hydrogen-bond acceptors (Lipinski definition) is 6. The average Bonchev–Trinajstić information content (AvgIpc) is 2.89. The van der Waals surface area contributed by atoms with E-state index in [-0.39, 0.29) is 22.9 Å². The van der Waals surface area contributed by atoms with Crippen LogP contribution in [0.1, 0.15) is 11.3 Å². The number of rotatable bonds is 4. The van der Waals surface area contributed by atoms with Gasteiger partial charge < -0.3 is 10.7 Å². The minimum absolute atomic E-state index is 0.000219. The van der Waals surface area contributed by atoms with Crippen molar-refractivity contribution >= 4 is 21.4 Å². The molecule has 0 atom stereocenters. The molecule has 0 radical (unpaired) electrons. The maximum Gasteiger partial charge on any atom is 0.304 e. The smallest absolute Gasteiger partial charge is 0.304 e. The summed E-state index contributed by atoms with van der Waals surface area (Å²) >= 11 is 0.974. The predicted molar refractivity (Wildman–Crippen MR) is 79.1 cm³/mol. The number of nitrogens with two attached hydrogens (primary N) is 1. The lowest BCUT2D eigenvalue weighted by molar-refractivity contribution is 0.580. The van der Waals surface area contributed by atoms with Crippen LogP contribution < -0.4 is 15.3 Å². The summed E-state index contributed by atoms with van der Waals surface area (Å²) in [6.07, 6.45) is 2.68. The van der Waals surface area contributed by atoms with Crippen molar-refractivity contribution < 1.29 is 8.42 Å². The van der Waals surface area contributed by atoms with Crippen molar-refractivity contribution in [1.29, 1.82) is 0 Å². The van der Waals surface area contributed by atoms with Gasteiger partial charge in [0.1, 0.15) is 4.90 Å². The summed E-state index contributed by atoms with van der Waals surface area (Å²) in [6.45, 7) is 0.181. The lowest BCUT2D eigenvalue weighted by atomic mass is 10.3. The zero-order valence-electron chi connectivity index (χ0n) is 10.8. The summed E-state index contributed by atoms with van der Waals surface area (Å²) in [6, 6.07) is 1.41. The van der Waals surface area contributed by atoms with Crippen LogP contribution in [-0.4, -0.2) is 24.9 Å². The SMILES string of the molecule is NCC#Cc1cncc(S(=O)(=O)NCc2csc(=O)[nH]2)c1. The van der Waals surface area contributed by atoms with E-state index >= 15 is 0 Å². The van der Waals surface area contributed by atoms with Crippen molar-refractivity contribution in [3.63, 3.8) is 0 Å². The molecule has 0 fully saturated rings. The fourth-order valence-electron chi connectivity index (χ4n) is 1.44. The standard InChI is InChI=1S/C12H12N4O3S2/c13-3-1-2-9-4-11(7-14-5-9)21(18,19)15-6-10-8-20-12(17)16-10/h4-5,7-8,15H,3,6,13H2,(H,16,17). The number of aromatic amines is 1. The first-order valence-electron chi connectivity index (χ1n) is 5.81. The first-order valence-corrected chi connectivity index (χ1v) is 8.18.